The van der Waals surface area contributed by atoms with Crippen molar-refractivity contribution in [1.82, 2.24) is 16.0 Å². The Labute approximate surface area is 168 Å². The summed E-state index contributed by atoms with van der Waals surface area (Å²) in [6.45, 7) is 2.66. The van der Waals surface area contributed by atoms with Crippen molar-refractivity contribution in [3.05, 3.63) is 59.7 Å². The summed E-state index contributed by atoms with van der Waals surface area (Å²) in [7, 11) is 0. The number of benzene rings is 2. The van der Waals surface area contributed by atoms with E-state index in [2.05, 4.69) is 26.3 Å². The Morgan fingerprint density at radius 3 is 2.52 bits per heavy atom. The van der Waals surface area contributed by atoms with Crippen molar-refractivity contribution in [3.8, 4) is 0 Å². The average molecular weight is 393 g/mol. The summed E-state index contributed by atoms with van der Waals surface area (Å²) >= 11 is 0. The predicted molar refractivity (Wildman–Crippen MR) is 111 cm³/mol. The lowest BCUT2D eigenvalue weighted by molar-refractivity contribution is -0.00346. The van der Waals surface area contributed by atoms with E-state index in [4.69, 9.17) is 4.74 Å². The molecule has 0 saturated carbocycles. The number of carbonyl (C=O) groups is 2. The van der Waals surface area contributed by atoms with Crippen LogP contribution in [0.25, 0.3) is 0 Å². The van der Waals surface area contributed by atoms with Gasteiger partial charge in [0.25, 0.3) is 11.8 Å². The Bertz CT molecular complexity index is 922. The van der Waals surface area contributed by atoms with Crippen LogP contribution >= 0.6 is 0 Å². The standard InChI is InChI=1S/C21H23N5O3/c27-19(26-21-22-9-2-10-23-21)14-5-7-16(8-6-14)24-17-4-1-3-15(11-17)20(28)25-18-12-29-13-18/h1,3-8,11,18,24H,2,9-10,12-13H2,(H,25,28)(H2,22,23,26,27). The van der Waals surface area contributed by atoms with E-state index < -0.39 is 0 Å². The third-order valence-corrected chi connectivity index (χ3v) is 4.66. The van der Waals surface area contributed by atoms with Crippen molar-refractivity contribution < 1.29 is 14.3 Å². The van der Waals surface area contributed by atoms with Crippen LogP contribution in [0.4, 0.5) is 11.4 Å². The van der Waals surface area contributed by atoms with E-state index in [1.54, 1.807) is 24.3 Å². The first-order chi connectivity index (χ1) is 14.2. The second-order valence-corrected chi connectivity index (χ2v) is 6.96. The van der Waals surface area contributed by atoms with Crippen LogP contribution in [0.2, 0.25) is 0 Å². The molecule has 2 aromatic carbocycles. The normalized spacial score (nSPS) is 16.1. The van der Waals surface area contributed by atoms with Crippen molar-refractivity contribution in [2.45, 2.75) is 12.5 Å². The molecule has 2 amide bonds. The molecule has 29 heavy (non-hydrogen) atoms. The van der Waals surface area contributed by atoms with E-state index in [9.17, 15) is 9.59 Å². The number of aliphatic imine (C=N–C) groups is 1. The van der Waals surface area contributed by atoms with E-state index in [1.807, 2.05) is 24.3 Å². The molecule has 8 heteroatoms. The fourth-order valence-corrected chi connectivity index (χ4v) is 2.99. The molecule has 2 aliphatic rings. The molecule has 150 valence electrons. The van der Waals surface area contributed by atoms with Gasteiger partial charge in [0.05, 0.1) is 19.3 Å². The topological polar surface area (TPSA) is 104 Å². The molecule has 0 aromatic heterocycles. The molecule has 0 aliphatic carbocycles. The quantitative estimate of drug-likeness (QED) is 0.618. The third-order valence-electron chi connectivity index (χ3n) is 4.66. The minimum atomic E-state index is -0.205. The fourth-order valence-electron chi connectivity index (χ4n) is 2.99. The minimum Gasteiger partial charge on any atom is -0.377 e. The van der Waals surface area contributed by atoms with Crippen LogP contribution in [-0.4, -0.2) is 50.1 Å². The van der Waals surface area contributed by atoms with Crippen LogP contribution in [0.5, 0.6) is 0 Å². The molecule has 2 aliphatic heterocycles. The summed E-state index contributed by atoms with van der Waals surface area (Å²) in [4.78, 5) is 28.8. The van der Waals surface area contributed by atoms with E-state index in [0.29, 0.717) is 30.3 Å². The number of hydrogen-bond donors (Lipinski definition) is 4. The molecular weight excluding hydrogens is 370 g/mol. The zero-order valence-corrected chi connectivity index (χ0v) is 15.9. The van der Waals surface area contributed by atoms with Gasteiger partial charge in [-0.05, 0) is 48.9 Å². The van der Waals surface area contributed by atoms with Crippen LogP contribution in [-0.2, 0) is 4.74 Å². The molecule has 2 heterocycles. The number of nitrogens with one attached hydrogen (secondary N) is 4. The highest BCUT2D eigenvalue weighted by Gasteiger charge is 2.21. The average Bonchev–Trinajstić information content (AvgIpc) is 2.72. The van der Waals surface area contributed by atoms with Gasteiger partial charge in [-0.2, -0.15) is 0 Å². The number of anilines is 2. The maximum atomic E-state index is 12.3. The van der Waals surface area contributed by atoms with Gasteiger partial charge >= 0.3 is 0 Å². The molecular formula is C21H23N5O3. The van der Waals surface area contributed by atoms with Gasteiger partial charge in [0.2, 0.25) is 0 Å². The predicted octanol–water partition coefficient (Wildman–Crippen LogP) is 1.64. The van der Waals surface area contributed by atoms with E-state index >= 15 is 0 Å². The molecule has 1 fully saturated rings. The highest BCUT2D eigenvalue weighted by atomic mass is 16.5. The maximum Gasteiger partial charge on any atom is 0.257 e. The maximum absolute atomic E-state index is 12.3. The van der Waals surface area contributed by atoms with Crippen molar-refractivity contribution >= 4 is 29.1 Å². The lowest BCUT2D eigenvalue weighted by Crippen LogP contribution is -2.48. The Balaban J connectivity index is 1.37. The van der Waals surface area contributed by atoms with Crippen LogP contribution in [0.15, 0.2) is 53.5 Å². The van der Waals surface area contributed by atoms with Crippen molar-refractivity contribution in [1.29, 1.82) is 0 Å². The number of rotatable bonds is 5. The van der Waals surface area contributed by atoms with E-state index in [1.165, 1.54) is 0 Å². The van der Waals surface area contributed by atoms with Gasteiger partial charge in [-0.3, -0.25) is 19.9 Å². The summed E-state index contributed by atoms with van der Waals surface area (Å²) in [5.74, 6) is 0.198. The highest BCUT2D eigenvalue weighted by Crippen LogP contribution is 2.19. The Morgan fingerprint density at radius 2 is 1.83 bits per heavy atom. The summed E-state index contributed by atoms with van der Waals surface area (Å²) in [5, 5.41) is 12.0. The molecule has 8 nitrogen and oxygen atoms in total. The number of carbonyl (C=O) groups excluding carboxylic acids is 2. The van der Waals surface area contributed by atoms with Crippen LogP contribution in [0.3, 0.4) is 0 Å². The Morgan fingerprint density at radius 1 is 1.00 bits per heavy atom. The van der Waals surface area contributed by atoms with Gasteiger partial charge in [-0.25, -0.2) is 0 Å². The summed E-state index contributed by atoms with van der Waals surface area (Å²) < 4.78 is 5.08. The molecule has 4 N–H and O–H groups in total. The number of guanidine groups is 1. The number of hydrogen-bond acceptors (Lipinski definition) is 6. The zero-order chi connectivity index (χ0) is 20.1. The number of ether oxygens (including phenoxy) is 1. The smallest absolute Gasteiger partial charge is 0.257 e. The van der Waals surface area contributed by atoms with Gasteiger partial charge in [0, 0.05) is 35.6 Å². The van der Waals surface area contributed by atoms with E-state index in [-0.39, 0.29) is 17.9 Å². The van der Waals surface area contributed by atoms with Crippen LogP contribution in [0.1, 0.15) is 27.1 Å². The Kier molecular flexibility index (Phi) is 5.71. The second-order valence-electron chi connectivity index (χ2n) is 6.96. The molecule has 0 unspecified atom stereocenters. The van der Waals surface area contributed by atoms with Gasteiger partial charge in [-0.1, -0.05) is 6.07 Å². The molecule has 0 atom stereocenters. The van der Waals surface area contributed by atoms with Gasteiger partial charge in [0.15, 0.2) is 5.96 Å². The number of nitrogens with zero attached hydrogens (tertiary/aromatic N) is 1. The lowest BCUT2D eigenvalue weighted by atomic mass is 10.1. The second kappa shape index (κ2) is 8.74. The van der Waals surface area contributed by atoms with E-state index in [0.717, 1.165) is 30.9 Å². The third kappa shape index (κ3) is 4.91. The largest absolute Gasteiger partial charge is 0.377 e. The molecule has 4 rings (SSSR count). The van der Waals surface area contributed by atoms with Crippen molar-refractivity contribution in [3.63, 3.8) is 0 Å². The first-order valence-corrected chi connectivity index (χ1v) is 9.63. The molecule has 0 bridgehead atoms. The van der Waals surface area contributed by atoms with Crippen LogP contribution < -0.4 is 21.3 Å². The lowest BCUT2D eigenvalue weighted by Gasteiger charge is -2.26. The van der Waals surface area contributed by atoms with Crippen molar-refractivity contribution in [2.75, 3.05) is 31.6 Å². The van der Waals surface area contributed by atoms with Gasteiger partial charge < -0.3 is 20.7 Å². The minimum absolute atomic E-state index is 0.0904. The van der Waals surface area contributed by atoms with Crippen molar-refractivity contribution in [2.24, 2.45) is 4.99 Å². The number of amides is 2. The molecule has 0 spiro atoms. The highest BCUT2D eigenvalue weighted by molar-refractivity contribution is 6.06. The van der Waals surface area contributed by atoms with Crippen LogP contribution in [0, 0.1) is 0 Å². The summed E-state index contributed by atoms with van der Waals surface area (Å²) in [5.41, 5.74) is 2.74. The summed E-state index contributed by atoms with van der Waals surface area (Å²) in [6.07, 6.45) is 0.970. The Hall–Kier alpha value is -3.39. The SMILES string of the molecule is O=C(NC1=NCCCN1)c1ccc(Nc2cccc(C(=O)NC3COC3)c2)cc1. The molecule has 0 radical (unpaired) electrons. The zero-order valence-electron chi connectivity index (χ0n) is 15.9. The first kappa shape index (κ1) is 18.9. The monoisotopic (exact) mass is 393 g/mol. The first-order valence-electron chi connectivity index (χ1n) is 9.63. The summed E-state index contributed by atoms with van der Waals surface area (Å²) in [6, 6.07) is 14.5. The van der Waals surface area contributed by atoms with Gasteiger partial charge in [-0.15, -0.1) is 0 Å². The molecule has 1 saturated heterocycles. The van der Waals surface area contributed by atoms with Gasteiger partial charge in [0.1, 0.15) is 0 Å². The molecule has 2 aromatic rings. The fraction of sp³-hybridized carbons (Fsp3) is 0.286.